The van der Waals surface area contributed by atoms with Crippen LogP contribution in [0.25, 0.3) is 11.0 Å². The summed E-state index contributed by atoms with van der Waals surface area (Å²) in [6, 6.07) is 10.7. The number of nitrogens with one attached hydrogen (secondary N) is 1. The first-order chi connectivity index (χ1) is 13.8. The minimum absolute atomic E-state index is 0.0176. The fourth-order valence-corrected chi connectivity index (χ4v) is 3.72. The van der Waals surface area contributed by atoms with Crippen LogP contribution in [0.4, 0.5) is 0 Å². The summed E-state index contributed by atoms with van der Waals surface area (Å²) in [6.45, 7) is 10.1. The number of rotatable bonds is 7. The average molecular weight is 396 g/mol. The molecule has 154 valence electrons. The molecule has 2 amide bonds. The molecule has 2 heterocycles. The summed E-state index contributed by atoms with van der Waals surface area (Å²) in [7, 11) is 0. The molecule has 0 aliphatic heterocycles. The Balaban J connectivity index is 1.93. The molecule has 0 radical (unpaired) electrons. The van der Waals surface area contributed by atoms with Crippen molar-refractivity contribution in [2.75, 3.05) is 0 Å². The average Bonchev–Trinajstić information content (AvgIpc) is 3.29. The van der Waals surface area contributed by atoms with Crippen molar-refractivity contribution >= 4 is 22.8 Å². The van der Waals surface area contributed by atoms with Crippen molar-refractivity contribution < 1.29 is 14.0 Å². The molecule has 3 aromatic rings. The highest BCUT2D eigenvalue weighted by Crippen LogP contribution is 2.22. The highest BCUT2D eigenvalue weighted by atomic mass is 16.3. The predicted octanol–water partition coefficient (Wildman–Crippen LogP) is 3.77. The number of carbonyl (C=O) groups excluding carboxylic acids is 2. The third-order valence-electron chi connectivity index (χ3n) is 4.86. The van der Waals surface area contributed by atoms with Crippen molar-refractivity contribution in [3.63, 3.8) is 0 Å². The number of nitrogens with zero attached hydrogens (tertiary/aromatic N) is 3. The summed E-state index contributed by atoms with van der Waals surface area (Å²) in [5, 5.41) is 2.91. The maximum atomic E-state index is 13.1. The lowest BCUT2D eigenvalue weighted by Crippen LogP contribution is -2.44. The van der Waals surface area contributed by atoms with Crippen LogP contribution in [-0.4, -0.2) is 38.3 Å². The van der Waals surface area contributed by atoms with Gasteiger partial charge in [0.25, 0.3) is 5.91 Å². The van der Waals surface area contributed by atoms with Crippen LogP contribution in [-0.2, 0) is 11.3 Å². The largest absolute Gasteiger partial charge is 0.459 e. The van der Waals surface area contributed by atoms with Crippen molar-refractivity contribution in [2.45, 2.75) is 59.3 Å². The van der Waals surface area contributed by atoms with E-state index in [0.29, 0.717) is 5.82 Å². The maximum absolute atomic E-state index is 13.1. The molecule has 0 saturated carbocycles. The van der Waals surface area contributed by atoms with E-state index in [1.54, 1.807) is 12.1 Å². The van der Waals surface area contributed by atoms with E-state index in [2.05, 4.69) is 5.32 Å². The van der Waals surface area contributed by atoms with E-state index >= 15 is 0 Å². The number of hydrogen-bond donors (Lipinski definition) is 1. The van der Waals surface area contributed by atoms with Gasteiger partial charge in [-0.15, -0.1) is 0 Å². The van der Waals surface area contributed by atoms with Crippen LogP contribution < -0.4 is 5.32 Å². The van der Waals surface area contributed by atoms with Gasteiger partial charge < -0.3 is 19.2 Å². The summed E-state index contributed by atoms with van der Waals surface area (Å²) >= 11 is 0. The molecule has 0 bridgehead atoms. The molecule has 2 aromatic heterocycles. The van der Waals surface area contributed by atoms with Crippen LogP contribution in [0, 0.1) is 0 Å². The molecule has 0 aliphatic rings. The standard InChI is InChI=1S/C22H28N4O3/c1-14(2)26(15(3)4)20(27)13-25-18-10-7-6-9-17(18)24-21(25)16(5)23-22(28)19-11-8-12-29-19/h6-12,14-16H,13H2,1-5H3,(H,23,28). The Morgan fingerprint density at radius 3 is 2.38 bits per heavy atom. The number of imidazole rings is 1. The highest BCUT2D eigenvalue weighted by Gasteiger charge is 2.25. The van der Waals surface area contributed by atoms with E-state index in [1.165, 1.54) is 6.26 Å². The minimum Gasteiger partial charge on any atom is -0.459 e. The Bertz CT molecular complexity index is 981. The fraction of sp³-hybridized carbons (Fsp3) is 0.409. The van der Waals surface area contributed by atoms with E-state index in [9.17, 15) is 9.59 Å². The molecule has 7 nitrogen and oxygen atoms in total. The number of benzene rings is 1. The van der Waals surface area contributed by atoms with Crippen molar-refractivity contribution in [3.05, 3.63) is 54.2 Å². The van der Waals surface area contributed by atoms with Crippen LogP contribution >= 0.6 is 0 Å². The topological polar surface area (TPSA) is 80.4 Å². The maximum Gasteiger partial charge on any atom is 0.287 e. The number of carbonyl (C=O) groups is 2. The molecule has 3 rings (SSSR count). The van der Waals surface area contributed by atoms with Gasteiger partial charge in [-0.2, -0.15) is 0 Å². The zero-order chi connectivity index (χ0) is 21.1. The molecule has 1 atom stereocenters. The van der Waals surface area contributed by atoms with Crippen molar-refractivity contribution in [1.82, 2.24) is 19.8 Å². The quantitative estimate of drug-likeness (QED) is 0.659. The molecule has 29 heavy (non-hydrogen) atoms. The van der Waals surface area contributed by atoms with Crippen LogP contribution in [0.5, 0.6) is 0 Å². The van der Waals surface area contributed by atoms with Gasteiger partial charge >= 0.3 is 0 Å². The lowest BCUT2D eigenvalue weighted by atomic mass is 10.2. The number of hydrogen-bond acceptors (Lipinski definition) is 4. The first-order valence-electron chi connectivity index (χ1n) is 9.90. The lowest BCUT2D eigenvalue weighted by Gasteiger charge is -2.31. The SMILES string of the molecule is CC(NC(=O)c1ccco1)c1nc2ccccc2n1CC(=O)N(C(C)C)C(C)C. The number of furan rings is 1. The van der Waals surface area contributed by atoms with E-state index < -0.39 is 6.04 Å². The molecule has 0 spiro atoms. The van der Waals surface area contributed by atoms with Crippen molar-refractivity contribution in [3.8, 4) is 0 Å². The van der Waals surface area contributed by atoms with E-state index in [1.807, 2.05) is 68.4 Å². The molecule has 7 heteroatoms. The molecule has 0 fully saturated rings. The molecule has 1 aromatic carbocycles. The van der Waals surface area contributed by atoms with Crippen molar-refractivity contribution in [2.24, 2.45) is 0 Å². The zero-order valence-electron chi connectivity index (χ0n) is 17.5. The number of fused-ring (bicyclic) bond motifs is 1. The van der Waals surface area contributed by atoms with Gasteiger partial charge in [-0.05, 0) is 58.9 Å². The van der Waals surface area contributed by atoms with E-state index in [-0.39, 0.29) is 36.2 Å². The van der Waals surface area contributed by atoms with Crippen LogP contribution in [0.3, 0.4) is 0 Å². The number of para-hydroxylation sites is 2. The third-order valence-corrected chi connectivity index (χ3v) is 4.86. The predicted molar refractivity (Wildman–Crippen MR) is 111 cm³/mol. The second-order valence-electron chi connectivity index (χ2n) is 7.71. The lowest BCUT2D eigenvalue weighted by molar-refractivity contribution is -0.135. The first-order valence-corrected chi connectivity index (χ1v) is 9.90. The molecule has 1 unspecified atom stereocenters. The molecule has 1 N–H and O–H groups in total. The second-order valence-corrected chi connectivity index (χ2v) is 7.71. The third kappa shape index (κ3) is 4.34. The number of amides is 2. The smallest absolute Gasteiger partial charge is 0.287 e. The Morgan fingerprint density at radius 1 is 1.07 bits per heavy atom. The fourth-order valence-electron chi connectivity index (χ4n) is 3.72. The molecular formula is C22H28N4O3. The monoisotopic (exact) mass is 396 g/mol. The zero-order valence-corrected chi connectivity index (χ0v) is 17.5. The van der Waals surface area contributed by atoms with Gasteiger partial charge in [0.2, 0.25) is 5.91 Å². The Kier molecular flexibility index (Phi) is 6.06. The van der Waals surface area contributed by atoms with Gasteiger partial charge in [-0.25, -0.2) is 4.98 Å². The van der Waals surface area contributed by atoms with Gasteiger partial charge in [0.15, 0.2) is 5.76 Å². The highest BCUT2D eigenvalue weighted by molar-refractivity contribution is 5.91. The van der Waals surface area contributed by atoms with Gasteiger partial charge in [-0.1, -0.05) is 12.1 Å². The normalized spacial score (nSPS) is 12.5. The van der Waals surface area contributed by atoms with Crippen LogP contribution in [0.15, 0.2) is 47.1 Å². The van der Waals surface area contributed by atoms with Crippen LogP contribution in [0.2, 0.25) is 0 Å². The Hall–Kier alpha value is -3.09. The summed E-state index contributed by atoms with van der Waals surface area (Å²) in [5.41, 5.74) is 1.65. The molecule has 0 saturated heterocycles. The summed E-state index contributed by atoms with van der Waals surface area (Å²) in [6.07, 6.45) is 1.46. The Morgan fingerprint density at radius 2 is 1.76 bits per heavy atom. The van der Waals surface area contributed by atoms with Gasteiger partial charge in [0, 0.05) is 12.1 Å². The van der Waals surface area contributed by atoms with E-state index in [0.717, 1.165) is 11.0 Å². The van der Waals surface area contributed by atoms with Crippen LogP contribution in [0.1, 0.15) is 57.0 Å². The summed E-state index contributed by atoms with van der Waals surface area (Å²) in [4.78, 5) is 32.1. The molecule has 0 aliphatic carbocycles. The summed E-state index contributed by atoms with van der Waals surface area (Å²) in [5.74, 6) is 0.565. The minimum atomic E-state index is -0.403. The van der Waals surface area contributed by atoms with Gasteiger partial charge in [0.1, 0.15) is 12.4 Å². The van der Waals surface area contributed by atoms with Crippen molar-refractivity contribution in [1.29, 1.82) is 0 Å². The number of aromatic nitrogens is 2. The second kappa shape index (κ2) is 8.51. The molecular weight excluding hydrogens is 368 g/mol. The van der Waals surface area contributed by atoms with Gasteiger partial charge in [0.05, 0.1) is 23.3 Å². The summed E-state index contributed by atoms with van der Waals surface area (Å²) < 4.78 is 7.06. The van der Waals surface area contributed by atoms with E-state index in [4.69, 9.17) is 9.40 Å². The first kappa shape index (κ1) is 20.6. The van der Waals surface area contributed by atoms with Gasteiger partial charge in [-0.3, -0.25) is 9.59 Å². The Labute approximate surface area is 170 Å².